The zero-order valence-electron chi connectivity index (χ0n) is 19.4. The highest BCUT2D eigenvalue weighted by molar-refractivity contribution is 7.90. The van der Waals surface area contributed by atoms with E-state index in [2.05, 4.69) is 15.0 Å². The maximum absolute atomic E-state index is 14.3. The number of nitrogens with one attached hydrogen (secondary N) is 1. The Labute approximate surface area is 203 Å². The van der Waals surface area contributed by atoms with Gasteiger partial charge in [-0.05, 0) is 31.2 Å². The average Bonchev–Trinajstić information content (AvgIpc) is 3.14. The lowest BCUT2D eigenvalue weighted by Gasteiger charge is -2.19. The standard InChI is InChI=1S/C23H21F3N4O5S/c1-4-35-22-20(34-2)6-5-17(28-22)19(11-36(3,32)33)30-21-18(29-23(30)31)7-12(10-27-21)13-8-15(25)16(26)9-14(13)24/h5-10,19H,4,11H2,1-3H3,(H,29,31)/t19-/m1/s1. The van der Waals surface area contributed by atoms with Gasteiger partial charge in [0.25, 0.3) is 5.88 Å². The van der Waals surface area contributed by atoms with Crippen molar-refractivity contribution >= 4 is 21.0 Å². The Morgan fingerprint density at radius 3 is 2.50 bits per heavy atom. The highest BCUT2D eigenvalue weighted by atomic mass is 32.2. The van der Waals surface area contributed by atoms with Crippen LogP contribution in [0.4, 0.5) is 13.2 Å². The minimum absolute atomic E-state index is 0.0518. The summed E-state index contributed by atoms with van der Waals surface area (Å²) in [5, 5.41) is 0. The molecule has 13 heteroatoms. The Kier molecular flexibility index (Phi) is 6.76. The lowest BCUT2D eigenvalue weighted by atomic mass is 10.1. The van der Waals surface area contributed by atoms with E-state index in [0.29, 0.717) is 17.9 Å². The van der Waals surface area contributed by atoms with Gasteiger partial charge in [0, 0.05) is 29.6 Å². The quantitative estimate of drug-likeness (QED) is 0.353. The first-order chi connectivity index (χ1) is 17.0. The number of benzene rings is 1. The average molecular weight is 523 g/mol. The van der Waals surface area contributed by atoms with Gasteiger partial charge in [-0.15, -0.1) is 0 Å². The number of sulfone groups is 1. The minimum atomic E-state index is -3.63. The van der Waals surface area contributed by atoms with E-state index in [1.54, 1.807) is 13.0 Å². The van der Waals surface area contributed by atoms with E-state index in [1.165, 1.54) is 25.4 Å². The molecular weight excluding hydrogens is 501 g/mol. The lowest BCUT2D eigenvalue weighted by Crippen LogP contribution is -2.29. The predicted molar refractivity (Wildman–Crippen MR) is 125 cm³/mol. The van der Waals surface area contributed by atoms with Crippen molar-refractivity contribution in [1.82, 2.24) is 19.5 Å². The maximum atomic E-state index is 14.3. The Hall–Kier alpha value is -3.87. The molecule has 0 bridgehead atoms. The molecule has 3 heterocycles. The maximum Gasteiger partial charge on any atom is 0.328 e. The van der Waals surface area contributed by atoms with Gasteiger partial charge in [0.2, 0.25) is 0 Å². The third kappa shape index (κ3) is 4.91. The molecule has 3 aromatic heterocycles. The van der Waals surface area contributed by atoms with Gasteiger partial charge in [-0.3, -0.25) is 4.57 Å². The predicted octanol–water partition coefficient (Wildman–Crippen LogP) is 3.25. The van der Waals surface area contributed by atoms with Crippen LogP contribution in [0.5, 0.6) is 11.6 Å². The molecule has 190 valence electrons. The number of nitrogens with zero attached hydrogens (tertiary/aromatic N) is 3. The minimum Gasteiger partial charge on any atom is -0.491 e. The SMILES string of the molecule is CCOc1nc([C@@H](CS(C)(=O)=O)n2c(=O)[nH]c3cc(-c4cc(F)c(F)cc4F)cnc32)ccc1OC. The van der Waals surface area contributed by atoms with Crippen LogP contribution in [-0.4, -0.2) is 53.7 Å². The molecule has 0 saturated carbocycles. The second kappa shape index (κ2) is 9.64. The number of aromatic amines is 1. The zero-order valence-corrected chi connectivity index (χ0v) is 20.2. The monoisotopic (exact) mass is 522 g/mol. The van der Waals surface area contributed by atoms with E-state index >= 15 is 0 Å². The van der Waals surface area contributed by atoms with Crippen LogP contribution in [0, 0.1) is 17.5 Å². The molecule has 1 aromatic carbocycles. The molecule has 0 spiro atoms. The summed E-state index contributed by atoms with van der Waals surface area (Å²) < 4.78 is 77.8. The first kappa shape index (κ1) is 25.2. The number of aromatic nitrogens is 4. The molecule has 4 aromatic rings. The molecule has 1 N–H and O–H groups in total. The van der Waals surface area contributed by atoms with Crippen LogP contribution in [0.2, 0.25) is 0 Å². The van der Waals surface area contributed by atoms with Crippen LogP contribution in [0.15, 0.2) is 41.3 Å². The fourth-order valence-corrected chi connectivity index (χ4v) is 4.69. The van der Waals surface area contributed by atoms with Gasteiger partial charge in [-0.25, -0.2) is 36.4 Å². The van der Waals surface area contributed by atoms with Crippen molar-refractivity contribution in [1.29, 1.82) is 0 Å². The number of fused-ring (bicyclic) bond motifs is 1. The first-order valence-corrected chi connectivity index (χ1v) is 12.7. The number of ether oxygens (including phenoxy) is 2. The molecular formula is C23H21F3N4O5S. The van der Waals surface area contributed by atoms with E-state index in [1.807, 2.05) is 0 Å². The third-order valence-electron chi connectivity index (χ3n) is 5.34. The number of rotatable bonds is 8. The molecule has 0 fully saturated rings. The second-order valence-electron chi connectivity index (χ2n) is 7.93. The summed E-state index contributed by atoms with van der Waals surface area (Å²) in [6, 6.07) is 4.38. The van der Waals surface area contributed by atoms with Gasteiger partial charge in [-0.2, -0.15) is 0 Å². The fourth-order valence-electron chi connectivity index (χ4n) is 3.80. The highest BCUT2D eigenvalue weighted by Gasteiger charge is 2.27. The van der Waals surface area contributed by atoms with Gasteiger partial charge in [0.05, 0.1) is 36.7 Å². The van der Waals surface area contributed by atoms with E-state index in [0.717, 1.165) is 10.8 Å². The number of methoxy groups -OCH3 is 1. The molecule has 36 heavy (non-hydrogen) atoms. The van der Waals surface area contributed by atoms with Gasteiger partial charge in [0.1, 0.15) is 15.7 Å². The van der Waals surface area contributed by atoms with Crippen LogP contribution in [0.3, 0.4) is 0 Å². The van der Waals surface area contributed by atoms with Crippen molar-refractivity contribution in [2.24, 2.45) is 0 Å². The molecule has 0 amide bonds. The second-order valence-corrected chi connectivity index (χ2v) is 10.1. The van der Waals surface area contributed by atoms with Crippen molar-refractivity contribution in [2.75, 3.05) is 25.7 Å². The number of imidazole rings is 1. The zero-order chi connectivity index (χ0) is 26.2. The Balaban J connectivity index is 1.89. The van der Waals surface area contributed by atoms with E-state index in [-0.39, 0.29) is 40.5 Å². The van der Waals surface area contributed by atoms with Crippen molar-refractivity contribution in [2.45, 2.75) is 13.0 Å². The first-order valence-electron chi connectivity index (χ1n) is 10.6. The molecule has 4 rings (SSSR count). The Bertz CT molecular complexity index is 1620. The van der Waals surface area contributed by atoms with E-state index in [4.69, 9.17) is 9.47 Å². The van der Waals surface area contributed by atoms with Crippen LogP contribution < -0.4 is 15.2 Å². The molecule has 0 saturated heterocycles. The number of pyridine rings is 2. The smallest absolute Gasteiger partial charge is 0.328 e. The normalized spacial score (nSPS) is 12.6. The van der Waals surface area contributed by atoms with Crippen LogP contribution in [0.1, 0.15) is 18.7 Å². The number of hydrogen-bond acceptors (Lipinski definition) is 7. The molecule has 1 atom stereocenters. The summed E-state index contributed by atoms with van der Waals surface area (Å²) in [6.07, 6.45) is 2.19. The van der Waals surface area contributed by atoms with Gasteiger partial charge in [-0.1, -0.05) is 0 Å². The summed E-state index contributed by atoms with van der Waals surface area (Å²) in [4.78, 5) is 24.1. The number of halogens is 3. The number of H-pyrrole nitrogens is 1. The molecule has 0 aliphatic rings. The molecule has 0 radical (unpaired) electrons. The molecule has 0 aliphatic heterocycles. The van der Waals surface area contributed by atoms with Crippen molar-refractivity contribution in [3.63, 3.8) is 0 Å². The third-order valence-corrected chi connectivity index (χ3v) is 6.26. The van der Waals surface area contributed by atoms with Gasteiger partial charge >= 0.3 is 5.69 Å². The largest absolute Gasteiger partial charge is 0.491 e. The summed E-state index contributed by atoms with van der Waals surface area (Å²) in [7, 11) is -2.20. The summed E-state index contributed by atoms with van der Waals surface area (Å²) >= 11 is 0. The number of hydrogen-bond donors (Lipinski definition) is 1. The van der Waals surface area contributed by atoms with Crippen LogP contribution in [-0.2, 0) is 9.84 Å². The molecule has 9 nitrogen and oxygen atoms in total. The summed E-state index contributed by atoms with van der Waals surface area (Å²) in [5.74, 6) is -3.66. The van der Waals surface area contributed by atoms with Gasteiger partial charge in [0.15, 0.2) is 23.0 Å². The van der Waals surface area contributed by atoms with Crippen LogP contribution >= 0.6 is 0 Å². The van der Waals surface area contributed by atoms with Crippen molar-refractivity contribution < 1.29 is 31.1 Å². The fraction of sp³-hybridized carbons (Fsp3) is 0.261. The Morgan fingerprint density at radius 1 is 1.11 bits per heavy atom. The highest BCUT2D eigenvalue weighted by Crippen LogP contribution is 2.31. The summed E-state index contributed by atoms with van der Waals surface area (Å²) in [5.41, 5.74) is -0.514. The van der Waals surface area contributed by atoms with E-state index in [9.17, 15) is 26.4 Å². The molecule has 0 unspecified atom stereocenters. The topological polar surface area (TPSA) is 116 Å². The van der Waals surface area contributed by atoms with Crippen molar-refractivity contribution in [3.8, 4) is 22.8 Å². The Morgan fingerprint density at radius 2 is 1.83 bits per heavy atom. The molecule has 0 aliphatic carbocycles. The van der Waals surface area contributed by atoms with Crippen LogP contribution in [0.25, 0.3) is 22.3 Å². The summed E-state index contributed by atoms with van der Waals surface area (Å²) in [6.45, 7) is 2.00. The van der Waals surface area contributed by atoms with Crippen molar-refractivity contribution in [3.05, 3.63) is 70.2 Å². The van der Waals surface area contributed by atoms with E-state index < -0.39 is 44.8 Å². The lowest BCUT2D eigenvalue weighted by molar-refractivity contribution is 0.296. The van der Waals surface area contributed by atoms with Gasteiger partial charge < -0.3 is 14.5 Å².